The number of nitrogens with two attached hydrogens (primary N) is 1. The Bertz CT molecular complexity index is 549. The van der Waals surface area contributed by atoms with Gasteiger partial charge in [0.1, 0.15) is 11.7 Å². The summed E-state index contributed by atoms with van der Waals surface area (Å²) < 4.78 is 5.25. The highest BCUT2D eigenvalue weighted by Gasteiger charge is 2.28. The molecule has 0 spiro atoms. The number of ether oxygens (including phenoxy) is 1. The van der Waals surface area contributed by atoms with E-state index in [1.807, 2.05) is 4.90 Å². The fraction of sp³-hybridized carbons (Fsp3) is 0.462. The average molecular weight is 294 g/mol. The maximum absolute atomic E-state index is 11.4. The van der Waals surface area contributed by atoms with E-state index in [0.29, 0.717) is 25.4 Å². The van der Waals surface area contributed by atoms with Crippen LogP contribution < -0.4 is 11.1 Å². The first kappa shape index (κ1) is 15.2. The van der Waals surface area contributed by atoms with Crippen molar-refractivity contribution in [3.8, 4) is 0 Å². The molecule has 0 radical (unpaired) electrons. The third kappa shape index (κ3) is 3.47. The number of carbonyl (C=O) groups is 1. The molecule has 1 amide bonds. The number of primary amides is 1. The molecular weight excluding hydrogens is 276 g/mol. The Morgan fingerprint density at radius 1 is 1.62 bits per heavy atom. The van der Waals surface area contributed by atoms with Crippen molar-refractivity contribution < 1.29 is 14.5 Å². The second-order valence-electron chi connectivity index (χ2n) is 4.82. The van der Waals surface area contributed by atoms with Crippen LogP contribution in [0.4, 0.5) is 11.4 Å². The van der Waals surface area contributed by atoms with Gasteiger partial charge >= 0.3 is 0 Å². The van der Waals surface area contributed by atoms with Gasteiger partial charge in [0.25, 0.3) is 5.69 Å². The third-order valence-electron chi connectivity index (χ3n) is 3.48. The highest BCUT2D eigenvalue weighted by molar-refractivity contribution is 5.80. The molecule has 2 rings (SSSR count). The summed E-state index contributed by atoms with van der Waals surface area (Å²) in [6.45, 7) is 1.75. The van der Waals surface area contributed by atoms with Crippen LogP contribution in [0, 0.1) is 10.1 Å². The van der Waals surface area contributed by atoms with E-state index in [-0.39, 0.29) is 12.3 Å². The standard InChI is InChI=1S/C13H18N4O4/c1-15-10-3-2-9(6-11(10)17(19)20)7-16-4-5-21-8-12(16)13(14)18/h2-3,6,12,15H,4-5,7-8H2,1H3,(H2,14,18). The van der Waals surface area contributed by atoms with Crippen LogP contribution in [0.15, 0.2) is 18.2 Å². The number of benzene rings is 1. The average Bonchev–Trinajstić information content (AvgIpc) is 2.47. The lowest BCUT2D eigenvalue weighted by Crippen LogP contribution is -2.51. The lowest BCUT2D eigenvalue weighted by molar-refractivity contribution is -0.384. The number of rotatable bonds is 5. The van der Waals surface area contributed by atoms with Gasteiger partial charge in [-0.1, -0.05) is 6.07 Å². The number of morpholine rings is 1. The molecule has 0 saturated carbocycles. The Labute approximate surface area is 122 Å². The van der Waals surface area contributed by atoms with Crippen molar-refractivity contribution in [1.29, 1.82) is 0 Å². The molecule has 1 aliphatic rings. The number of nitrogens with one attached hydrogen (secondary N) is 1. The van der Waals surface area contributed by atoms with Crippen molar-refractivity contribution in [2.24, 2.45) is 5.73 Å². The van der Waals surface area contributed by atoms with E-state index in [1.54, 1.807) is 19.2 Å². The van der Waals surface area contributed by atoms with Crippen LogP contribution in [-0.2, 0) is 16.1 Å². The van der Waals surface area contributed by atoms with Gasteiger partial charge in [0.2, 0.25) is 5.91 Å². The monoisotopic (exact) mass is 294 g/mol. The van der Waals surface area contributed by atoms with Gasteiger partial charge in [0, 0.05) is 26.2 Å². The van der Waals surface area contributed by atoms with Crippen molar-refractivity contribution in [2.75, 3.05) is 32.1 Å². The van der Waals surface area contributed by atoms with E-state index in [9.17, 15) is 14.9 Å². The maximum Gasteiger partial charge on any atom is 0.292 e. The summed E-state index contributed by atoms with van der Waals surface area (Å²) in [5.74, 6) is -0.448. The smallest absolute Gasteiger partial charge is 0.292 e. The Morgan fingerprint density at radius 2 is 2.38 bits per heavy atom. The quantitative estimate of drug-likeness (QED) is 0.598. The number of nitro groups is 1. The molecule has 8 nitrogen and oxygen atoms in total. The Morgan fingerprint density at radius 3 is 3.00 bits per heavy atom. The van der Waals surface area contributed by atoms with Gasteiger partial charge in [-0.3, -0.25) is 19.8 Å². The maximum atomic E-state index is 11.4. The van der Waals surface area contributed by atoms with Crippen molar-refractivity contribution >= 4 is 17.3 Å². The molecule has 0 bridgehead atoms. The Balaban J connectivity index is 2.20. The fourth-order valence-corrected chi connectivity index (χ4v) is 2.36. The number of nitrogens with zero attached hydrogens (tertiary/aromatic N) is 2. The first-order valence-corrected chi connectivity index (χ1v) is 6.59. The van der Waals surface area contributed by atoms with Gasteiger partial charge in [-0.2, -0.15) is 0 Å². The van der Waals surface area contributed by atoms with Crippen molar-refractivity contribution in [3.05, 3.63) is 33.9 Å². The molecule has 3 N–H and O–H groups in total. The minimum Gasteiger partial charge on any atom is -0.383 e. The molecule has 21 heavy (non-hydrogen) atoms. The zero-order valence-corrected chi connectivity index (χ0v) is 11.7. The lowest BCUT2D eigenvalue weighted by Gasteiger charge is -2.33. The second-order valence-corrected chi connectivity index (χ2v) is 4.82. The van der Waals surface area contributed by atoms with Gasteiger partial charge < -0.3 is 15.8 Å². The molecule has 1 fully saturated rings. The predicted molar refractivity (Wildman–Crippen MR) is 76.9 cm³/mol. The van der Waals surface area contributed by atoms with E-state index >= 15 is 0 Å². The van der Waals surface area contributed by atoms with E-state index < -0.39 is 16.9 Å². The van der Waals surface area contributed by atoms with Crippen molar-refractivity contribution in [1.82, 2.24) is 4.90 Å². The minimum absolute atomic E-state index is 0.0129. The van der Waals surface area contributed by atoms with Crippen molar-refractivity contribution in [3.63, 3.8) is 0 Å². The van der Waals surface area contributed by atoms with Crippen LogP contribution >= 0.6 is 0 Å². The van der Waals surface area contributed by atoms with Gasteiger partial charge in [-0.25, -0.2) is 0 Å². The van der Waals surface area contributed by atoms with Crippen LogP contribution in [-0.4, -0.2) is 48.6 Å². The molecule has 1 saturated heterocycles. The van der Waals surface area contributed by atoms with Gasteiger partial charge in [0.15, 0.2) is 0 Å². The largest absolute Gasteiger partial charge is 0.383 e. The summed E-state index contributed by atoms with van der Waals surface area (Å²) >= 11 is 0. The molecule has 114 valence electrons. The normalized spacial score (nSPS) is 19.2. The summed E-state index contributed by atoms with van der Waals surface area (Å²) in [6, 6.07) is 4.47. The summed E-state index contributed by atoms with van der Waals surface area (Å²) in [7, 11) is 1.63. The molecule has 1 aliphatic heterocycles. The fourth-order valence-electron chi connectivity index (χ4n) is 2.36. The van der Waals surface area contributed by atoms with Crippen LogP contribution in [0.2, 0.25) is 0 Å². The number of hydrogen-bond donors (Lipinski definition) is 2. The van der Waals surface area contributed by atoms with Crippen LogP contribution in [0.5, 0.6) is 0 Å². The highest BCUT2D eigenvalue weighted by atomic mass is 16.6. The van der Waals surface area contributed by atoms with E-state index in [4.69, 9.17) is 10.5 Å². The molecule has 0 aliphatic carbocycles. The second kappa shape index (κ2) is 6.51. The van der Waals surface area contributed by atoms with Crippen LogP contribution in [0.3, 0.4) is 0 Å². The summed E-state index contributed by atoms with van der Waals surface area (Å²) in [5.41, 5.74) is 6.58. The van der Waals surface area contributed by atoms with Gasteiger partial charge in [-0.15, -0.1) is 0 Å². The predicted octanol–water partition coefficient (Wildman–Crippen LogP) is 0.323. The Hall–Kier alpha value is -2.19. The number of amides is 1. The summed E-state index contributed by atoms with van der Waals surface area (Å²) in [5, 5.41) is 13.8. The molecule has 1 unspecified atom stereocenters. The third-order valence-corrected chi connectivity index (χ3v) is 3.48. The minimum atomic E-state index is -0.498. The topological polar surface area (TPSA) is 111 Å². The summed E-state index contributed by atoms with van der Waals surface area (Å²) in [6.07, 6.45) is 0. The number of nitro benzene ring substituents is 1. The Kier molecular flexibility index (Phi) is 4.71. The molecule has 1 aromatic rings. The molecule has 1 atom stereocenters. The lowest BCUT2D eigenvalue weighted by atomic mass is 10.1. The first-order chi connectivity index (χ1) is 10.0. The SMILES string of the molecule is CNc1ccc(CN2CCOCC2C(N)=O)cc1[N+](=O)[O-]. The zero-order chi connectivity index (χ0) is 15.4. The molecular formula is C13H18N4O4. The van der Waals surface area contributed by atoms with Crippen LogP contribution in [0.1, 0.15) is 5.56 Å². The van der Waals surface area contributed by atoms with Crippen molar-refractivity contribution in [2.45, 2.75) is 12.6 Å². The number of anilines is 1. The first-order valence-electron chi connectivity index (χ1n) is 6.59. The van der Waals surface area contributed by atoms with E-state index in [0.717, 1.165) is 5.56 Å². The molecule has 1 aromatic carbocycles. The van der Waals surface area contributed by atoms with E-state index in [1.165, 1.54) is 6.07 Å². The zero-order valence-electron chi connectivity index (χ0n) is 11.7. The molecule has 1 heterocycles. The summed E-state index contributed by atoms with van der Waals surface area (Å²) in [4.78, 5) is 23.9. The van der Waals surface area contributed by atoms with Gasteiger partial charge in [0.05, 0.1) is 18.1 Å². The number of carbonyl (C=O) groups excluding carboxylic acids is 1. The van der Waals surface area contributed by atoms with E-state index in [2.05, 4.69) is 5.32 Å². The van der Waals surface area contributed by atoms with Gasteiger partial charge in [-0.05, 0) is 11.6 Å². The molecule has 8 heteroatoms. The highest BCUT2D eigenvalue weighted by Crippen LogP contribution is 2.26. The van der Waals surface area contributed by atoms with Crippen LogP contribution in [0.25, 0.3) is 0 Å². The number of hydrogen-bond acceptors (Lipinski definition) is 6. The molecule has 0 aromatic heterocycles.